The second-order valence-electron chi connectivity index (χ2n) is 8.16. The third-order valence-electron chi connectivity index (χ3n) is 5.54. The molecule has 0 aliphatic heterocycles. The Morgan fingerprint density at radius 1 is 0.861 bits per heavy atom. The fourth-order valence-corrected chi connectivity index (χ4v) is 3.81. The van der Waals surface area contributed by atoms with Gasteiger partial charge < -0.3 is 19.9 Å². The van der Waals surface area contributed by atoms with E-state index >= 15 is 0 Å². The van der Waals surface area contributed by atoms with Crippen molar-refractivity contribution >= 4 is 34.1 Å². The van der Waals surface area contributed by atoms with Crippen LogP contribution >= 0.6 is 0 Å². The first-order valence-corrected chi connectivity index (χ1v) is 11.8. The Morgan fingerprint density at radius 3 is 2.31 bits per heavy atom. The summed E-state index contributed by atoms with van der Waals surface area (Å²) in [6.45, 7) is 2.52. The molecule has 0 aliphatic rings. The zero-order valence-electron chi connectivity index (χ0n) is 20.0. The summed E-state index contributed by atoms with van der Waals surface area (Å²) in [7, 11) is 0. The summed E-state index contributed by atoms with van der Waals surface area (Å²) in [6.07, 6.45) is 0.727. The number of amides is 2. The number of fused-ring (bicyclic) bond motifs is 1. The summed E-state index contributed by atoms with van der Waals surface area (Å²) in [5.41, 5.74) is 2.17. The van der Waals surface area contributed by atoms with E-state index in [2.05, 4.69) is 10.6 Å². The van der Waals surface area contributed by atoms with Crippen LogP contribution in [0.4, 0.5) is 16.2 Å². The van der Waals surface area contributed by atoms with Crippen molar-refractivity contribution in [2.75, 3.05) is 23.8 Å². The molecule has 184 valence electrons. The molecule has 0 aliphatic carbocycles. The molecule has 0 aromatic heterocycles. The van der Waals surface area contributed by atoms with E-state index < -0.39 is 12.0 Å². The van der Waals surface area contributed by atoms with Gasteiger partial charge in [0, 0.05) is 17.5 Å². The Labute approximate surface area is 209 Å². The van der Waals surface area contributed by atoms with Gasteiger partial charge in [0.05, 0.1) is 29.9 Å². The van der Waals surface area contributed by atoms with Crippen molar-refractivity contribution in [3.8, 4) is 11.5 Å². The summed E-state index contributed by atoms with van der Waals surface area (Å²) in [5, 5.41) is 17.4. The van der Waals surface area contributed by atoms with Gasteiger partial charge in [0.2, 0.25) is 0 Å². The zero-order valence-corrected chi connectivity index (χ0v) is 20.0. The van der Waals surface area contributed by atoms with E-state index in [1.54, 1.807) is 30.3 Å². The smallest absolute Gasteiger partial charge is 0.411 e. The molecule has 0 spiro atoms. The number of hydrogen-bond acceptors (Lipinski definition) is 5. The first-order valence-electron chi connectivity index (χ1n) is 11.8. The molecule has 3 N–H and O–H groups in total. The number of ether oxygens (including phenoxy) is 2. The minimum absolute atomic E-state index is 0.0618. The van der Waals surface area contributed by atoms with Crippen LogP contribution < -0.4 is 15.4 Å². The lowest BCUT2D eigenvalue weighted by atomic mass is 10.0. The van der Waals surface area contributed by atoms with Crippen LogP contribution in [-0.4, -0.2) is 30.3 Å². The molecule has 4 aromatic carbocycles. The predicted molar refractivity (Wildman–Crippen MR) is 141 cm³/mol. The number of phenols is 1. The minimum Gasteiger partial charge on any atom is -0.506 e. The topological polar surface area (TPSA) is 96.9 Å². The van der Waals surface area contributed by atoms with Gasteiger partial charge in [0.25, 0.3) is 5.91 Å². The number of hydrogen-bond donors (Lipinski definition) is 3. The summed E-state index contributed by atoms with van der Waals surface area (Å²) >= 11 is 0. The number of carbonyl (C=O) groups is 2. The number of anilines is 2. The van der Waals surface area contributed by atoms with Crippen LogP contribution in [0.15, 0.2) is 84.9 Å². The predicted octanol–water partition coefficient (Wildman–Crippen LogP) is 6.38. The van der Waals surface area contributed by atoms with Crippen LogP contribution in [0.5, 0.6) is 11.5 Å². The molecule has 36 heavy (non-hydrogen) atoms. The van der Waals surface area contributed by atoms with E-state index in [1.165, 1.54) is 6.07 Å². The van der Waals surface area contributed by atoms with Gasteiger partial charge in [-0.2, -0.15) is 0 Å². The van der Waals surface area contributed by atoms with Gasteiger partial charge in [-0.1, -0.05) is 67.6 Å². The van der Waals surface area contributed by atoms with Crippen molar-refractivity contribution in [2.24, 2.45) is 0 Å². The number of carbonyl (C=O) groups excluding carboxylic acids is 2. The standard InChI is InChI=1S/C29H28N2O5/c1-2-17-36-29(34)31-24-15-9-14-22-26(24)25(35-18-16-20-10-5-3-6-11-20)19-23(27(22)32)28(33)30-21-12-7-4-8-13-21/h3-15,19,32H,2,16-18H2,1H3,(H,30,33)(H,31,34). The van der Waals surface area contributed by atoms with Crippen molar-refractivity contribution in [3.05, 3.63) is 96.1 Å². The molecule has 0 radical (unpaired) electrons. The van der Waals surface area contributed by atoms with E-state index in [4.69, 9.17) is 9.47 Å². The highest BCUT2D eigenvalue weighted by Crippen LogP contribution is 2.40. The maximum Gasteiger partial charge on any atom is 0.411 e. The average Bonchev–Trinajstić information content (AvgIpc) is 2.90. The van der Waals surface area contributed by atoms with Gasteiger partial charge in [-0.05, 0) is 36.2 Å². The maximum absolute atomic E-state index is 13.1. The number of benzene rings is 4. The first-order chi connectivity index (χ1) is 17.6. The number of aromatic hydroxyl groups is 1. The fraction of sp³-hybridized carbons (Fsp3) is 0.172. The van der Waals surface area contributed by atoms with Crippen molar-refractivity contribution in [1.29, 1.82) is 0 Å². The quantitative estimate of drug-likeness (QED) is 0.256. The number of rotatable bonds is 9. The van der Waals surface area contributed by atoms with Crippen LogP contribution in [0.3, 0.4) is 0 Å². The zero-order chi connectivity index (χ0) is 25.3. The van der Waals surface area contributed by atoms with Gasteiger partial charge in [-0.25, -0.2) is 4.79 Å². The van der Waals surface area contributed by atoms with Crippen molar-refractivity contribution in [3.63, 3.8) is 0 Å². The first kappa shape index (κ1) is 24.6. The molecule has 4 aromatic rings. The molecule has 0 saturated carbocycles. The SMILES string of the molecule is CCCOC(=O)Nc1cccc2c(O)c(C(=O)Nc3ccccc3)cc(OCCc3ccccc3)c12. The molecular weight excluding hydrogens is 456 g/mol. The Morgan fingerprint density at radius 2 is 1.58 bits per heavy atom. The number of nitrogens with one attached hydrogen (secondary N) is 2. The second kappa shape index (κ2) is 11.8. The highest BCUT2D eigenvalue weighted by molar-refractivity contribution is 6.14. The number of para-hydroxylation sites is 1. The van der Waals surface area contributed by atoms with E-state index in [0.29, 0.717) is 47.3 Å². The molecule has 0 bridgehead atoms. The molecule has 0 unspecified atom stereocenters. The number of phenolic OH excluding ortho intramolecular Hbond substituents is 1. The van der Waals surface area contributed by atoms with E-state index in [1.807, 2.05) is 55.5 Å². The molecule has 7 heteroatoms. The maximum atomic E-state index is 13.1. The molecule has 4 rings (SSSR count). The lowest BCUT2D eigenvalue weighted by Gasteiger charge is -2.17. The van der Waals surface area contributed by atoms with Crippen LogP contribution in [0.2, 0.25) is 0 Å². The summed E-state index contributed by atoms with van der Waals surface area (Å²) < 4.78 is 11.3. The van der Waals surface area contributed by atoms with Crippen molar-refractivity contribution in [2.45, 2.75) is 19.8 Å². The lowest BCUT2D eigenvalue weighted by molar-refractivity contribution is 0.102. The van der Waals surface area contributed by atoms with E-state index in [0.717, 1.165) is 5.56 Å². The van der Waals surface area contributed by atoms with Crippen LogP contribution in [0.1, 0.15) is 29.3 Å². The summed E-state index contributed by atoms with van der Waals surface area (Å²) in [4.78, 5) is 25.4. The molecular formula is C29H28N2O5. The van der Waals surface area contributed by atoms with Gasteiger partial charge >= 0.3 is 6.09 Å². The third-order valence-corrected chi connectivity index (χ3v) is 5.54. The molecule has 0 saturated heterocycles. The third kappa shape index (κ3) is 5.93. The normalized spacial score (nSPS) is 10.6. The molecule has 0 fully saturated rings. The Hall–Kier alpha value is -4.52. The second-order valence-corrected chi connectivity index (χ2v) is 8.16. The van der Waals surface area contributed by atoms with Crippen molar-refractivity contribution < 1.29 is 24.2 Å². The lowest BCUT2D eigenvalue weighted by Crippen LogP contribution is -2.15. The molecule has 0 heterocycles. The fourth-order valence-electron chi connectivity index (χ4n) is 3.81. The van der Waals surface area contributed by atoms with Crippen LogP contribution in [-0.2, 0) is 11.2 Å². The Kier molecular flexibility index (Phi) is 8.03. The highest BCUT2D eigenvalue weighted by Gasteiger charge is 2.21. The monoisotopic (exact) mass is 484 g/mol. The van der Waals surface area contributed by atoms with Gasteiger partial charge in [0.1, 0.15) is 11.5 Å². The van der Waals surface area contributed by atoms with E-state index in [9.17, 15) is 14.7 Å². The van der Waals surface area contributed by atoms with Crippen LogP contribution in [0.25, 0.3) is 10.8 Å². The van der Waals surface area contributed by atoms with Gasteiger partial charge in [-0.15, -0.1) is 0 Å². The average molecular weight is 485 g/mol. The molecule has 7 nitrogen and oxygen atoms in total. The Bertz CT molecular complexity index is 1340. The Balaban J connectivity index is 1.71. The largest absolute Gasteiger partial charge is 0.506 e. The van der Waals surface area contributed by atoms with E-state index in [-0.39, 0.29) is 17.9 Å². The highest BCUT2D eigenvalue weighted by atomic mass is 16.5. The summed E-state index contributed by atoms with van der Waals surface area (Å²) in [5.74, 6) is -0.322. The van der Waals surface area contributed by atoms with Crippen molar-refractivity contribution in [1.82, 2.24) is 0 Å². The minimum atomic E-state index is -0.607. The summed E-state index contributed by atoms with van der Waals surface area (Å²) in [6, 6.07) is 25.4. The molecule has 2 amide bonds. The van der Waals surface area contributed by atoms with Gasteiger partial charge in [0.15, 0.2) is 0 Å². The molecule has 0 atom stereocenters. The van der Waals surface area contributed by atoms with Crippen LogP contribution in [0, 0.1) is 0 Å². The van der Waals surface area contributed by atoms with Gasteiger partial charge in [-0.3, -0.25) is 10.1 Å².